The van der Waals surface area contributed by atoms with Crippen LogP contribution in [0.25, 0.3) is 0 Å². The van der Waals surface area contributed by atoms with Crippen molar-refractivity contribution in [1.82, 2.24) is 9.80 Å². The van der Waals surface area contributed by atoms with E-state index in [1.165, 1.54) is 0 Å². The fourth-order valence-electron chi connectivity index (χ4n) is 4.78. The Hall–Kier alpha value is -2.57. The van der Waals surface area contributed by atoms with E-state index in [1.807, 2.05) is 41.3 Å². The molecule has 2 aliphatic rings. The zero-order valence-corrected chi connectivity index (χ0v) is 18.6. The van der Waals surface area contributed by atoms with E-state index < -0.39 is 0 Å². The van der Waals surface area contributed by atoms with Crippen LogP contribution in [0, 0.1) is 0 Å². The Balaban J connectivity index is 1.46. The van der Waals surface area contributed by atoms with Gasteiger partial charge in [-0.3, -0.25) is 9.69 Å². The van der Waals surface area contributed by atoms with Crippen LogP contribution in [0.3, 0.4) is 0 Å². The van der Waals surface area contributed by atoms with Crippen molar-refractivity contribution in [3.05, 3.63) is 59.7 Å². The van der Waals surface area contributed by atoms with Crippen LogP contribution >= 0.6 is 0 Å². The van der Waals surface area contributed by atoms with E-state index in [0.29, 0.717) is 6.54 Å². The molecule has 0 spiro atoms. The number of rotatable bonds is 6. The molecule has 3 unspecified atom stereocenters. The molecule has 0 aliphatic carbocycles. The maximum absolute atomic E-state index is 13.3. The van der Waals surface area contributed by atoms with E-state index in [0.717, 1.165) is 55.1 Å². The Labute approximate surface area is 184 Å². The first kappa shape index (κ1) is 21.7. The van der Waals surface area contributed by atoms with Crippen LogP contribution in [0.1, 0.15) is 43.0 Å². The second-order valence-corrected chi connectivity index (χ2v) is 8.39. The number of morpholine rings is 1. The fourth-order valence-corrected chi connectivity index (χ4v) is 4.78. The van der Waals surface area contributed by atoms with Gasteiger partial charge < -0.3 is 19.1 Å². The van der Waals surface area contributed by atoms with Gasteiger partial charge in [-0.15, -0.1) is 0 Å². The van der Waals surface area contributed by atoms with Crippen LogP contribution in [0.15, 0.2) is 48.5 Å². The predicted octanol–water partition coefficient (Wildman–Crippen LogP) is 3.83. The van der Waals surface area contributed by atoms with Gasteiger partial charge in [0.1, 0.15) is 11.5 Å². The number of hydrogen-bond donors (Lipinski definition) is 0. The van der Waals surface area contributed by atoms with Crippen LogP contribution in [0.5, 0.6) is 11.5 Å². The van der Waals surface area contributed by atoms with Gasteiger partial charge in [-0.25, -0.2) is 0 Å². The molecule has 31 heavy (non-hydrogen) atoms. The second kappa shape index (κ2) is 9.71. The molecule has 3 atom stereocenters. The van der Waals surface area contributed by atoms with Gasteiger partial charge in [0.15, 0.2) is 0 Å². The largest absolute Gasteiger partial charge is 0.497 e. The molecule has 2 aliphatic heterocycles. The summed E-state index contributed by atoms with van der Waals surface area (Å²) in [6.07, 6.45) is 2.02. The van der Waals surface area contributed by atoms with E-state index >= 15 is 0 Å². The highest BCUT2D eigenvalue weighted by Crippen LogP contribution is 2.39. The van der Waals surface area contributed by atoms with Crippen molar-refractivity contribution in [2.24, 2.45) is 0 Å². The third-order valence-corrected chi connectivity index (χ3v) is 6.24. The minimum atomic E-state index is -0.00573. The molecule has 2 heterocycles. The van der Waals surface area contributed by atoms with Crippen LogP contribution in [0.2, 0.25) is 0 Å². The molecule has 0 N–H and O–H groups in total. The lowest BCUT2D eigenvalue weighted by Gasteiger charge is -2.38. The Morgan fingerprint density at radius 2 is 1.90 bits per heavy atom. The number of amides is 1. The average molecular weight is 425 g/mol. The predicted molar refractivity (Wildman–Crippen MR) is 119 cm³/mol. The molecule has 2 aromatic rings. The van der Waals surface area contributed by atoms with Crippen molar-refractivity contribution < 1.29 is 19.0 Å². The molecule has 0 bridgehead atoms. The molecule has 0 aromatic heterocycles. The first-order valence-electron chi connectivity index (χ1n) is 11.0. The molecule has 6 heteroatoms. The number of methoxy groups -OCH3 is 2. The molecule has 2 saturated heterocycles. The number of carbonyl (C=O) groups excluding carboxylic acids is 1. The monoisotopic (exact) mass is 424 g/mol. The first-order chi connectivity index (χ1) is 15.1. The lowest BCUT2D eigenvalue weighted by Crippen LogP contribution is -2.48. The van der Waals surface area contributed by atoms with Gasteiger partial charge in [0, 0.05) is 31.3 Å². The molecule has 2 fully saturated rings. The van der Waals surface area contributed by atoms with Crippen molar-refractivity contribution in [1.29, 1.82) is 0 Å². The quantitative estimate of drug-likeness (QED) is 0.706. The van der Waals surface area contributed by atoms with Crippen LogP contribution in [0.4, 0.5) is 0 Å². The number of carbonyl (C=O) groups is 1. The zero-order valence-electron chi connectivity index (χ0n) is 18.6. The first-order valence-corrected chi connectivity index (χ1v) is 11.0. The summed E-state index contributed by atoms with van der Waals surface area (Å²) >= 11 is 0. The van der Waals surface area contributed by atoms with Crippen molar-refractivity contribution in [3.63, 3.8) is 0 Å². The number of benzene rings is 2. The van der Waals surface area contributed by atoms with Crippen LogP contribution in [-0.2, 0) is 9.53 Å². The van der Waals surface area contributed by atoms with Crippen molar-refractivity contribution in [3.8, 4) is 11.5 Å². The summed E-state index contributed by atoms with van der Waals surface area (Å²) in [4.78, 5) is 17.6. The smallest absolute Gasteiger partial charge is 0.237 e. The number of ether oxygens (including phenoxy) is 3. The van der Waals surface area contributed by atoms with Crippen molar-refractivity contribution >= 4 is 5.91 Å². The maximum atomic E-state index is 13.3. The van der Waals surface area contributed by atoms with Gasteiger partial charge in [0.25, 0.3) is 0 Å². The van der Waals surface area contributed by atoms with Crippen LogP contribution < -0.4 is 9.47 Å². The Bertz CT molecular complexity index is 888. The van der Waals surface area contributed by atoms with Gasteiger partial charge in [0.05, 0.1) is 39.0 Å². The second-order valence-electron chi connectivity index (χ2n) is 8.39. The topological polar surface area (TPSA) is 51.2 Å². The lowest BCUT2D eigenvalue weighted by atomic mass is 10.0. The molecule has 0 saturated carbocycles. The zero-order chi connectivity index (χ0) is 21.8. The van der Waals surface area contributed by atoms with E-state index in [2.05, 4.69) is 24.0 Å². The SMILES string of the molecule is COc1ccc(C2CCCN2C(=O)CN2CC(C)OC(c3ccccc3)C2)c(OC)c1. The molecule has 0 radical (unpaired) electrons. The molecule has 6 nitrogen and oxygen atoms in total. The molecular formula is C25H32N2O4. The highest BCUT2D eigenvalue weighted by Gasteiger charge is 2.34. The average Bonchev–Trinajstić information content (AvgIpc) is 3.28. The van der Waals surface area contributed by atoms with Gasteiger partial charge in [-0.2, -0.15) is 0 Å². The normalized spacial score (nSPS) is 24.2. The third kappa shape index (κ3) is 4.86. The summed E-state index contributed by atoms with van der Waals surface area (Å²) in [6.45, 7) is 4.75. The molecule has 166 valence electrons. The Morgan fingerprint density at radius 1 is 1.10 bits per heavy atom. The Kier molecular flexibility index (Phi) is 6.78. The van der Waals surface area contributed by atoms with Gasteiger partial charge >= 0.3 is 0 Å². The Morgan fingerprint density at radius 3 is 2.65 bits per heavy atom. The summed E-state index contributed by atoms with van der Waals surface area (Å²) < 4.78 is 17.1. The lowest BCUT2D eigenvalue weighted by molar-refractivity contribution is -0.137. The molecular weight excluding hydrogens is 392 g/mol. The van der Waals surface area contributed by atoms with Crippen molar-refractivity contribution in [2.45, 2.75) is 38.0 Å². The molecule has 1 amide bonds. The summed E-state index contributed by atoms with van der Waals surface area (Å²) in [5.74, 6) is 1.69. The van der Waals surface area contributed by atoms with Gasteiger partial charge in [0.2, 0.25) is 5.91 Å². The fraction of sp³-hybridized carbons (Fsp3) is 0.480. The number of hydrogen-bond acceptors (Lipinski definition) is 5. The summed E-state index contributed by atoms with van der Waals surface area (Å²) in [7, 11) is 3.31. The minimum absolute atomic E-state index is 0.00573. The summed E-state index contributed by atoms with van der Waals surface area (Å²) in [5.41, 5.74) is 2.21. The molecule has 4 rings (SSSR count). The molecule has 2 aromatic carbocycles. The standard InChI is InChI=1S/C25H32N2O4/c1-18-15-26(16-24(31-18)19-8-5-4-6-9-19)17-25(28)27-13-7-10-22(27)21-12-11-20(29-2)14-23(21)30-3/h4-6,8-9,11-12,14,18,22,24H,7,10,13,15-17H2,1-3H3. The van der Waals surface area contributed by atoms with E-state index in [-0.39, 0.29) is 24.2 Å². The summed E-state index contributed by atoms with van der Waals surface area (Å²) in [5, 5.41) is 0. The van der Waals surface area contributed by atoms with Crippen molar-refractivity contribution in [2.75, 3.05) is 40.4 Å². The number of nitrogens with zero attached hydrogens (tertiary/aromatic N) is 2. The minimum Gasteiger partial charge on any atom is -0.497 e. The highest BCUT2D eigenvalue weighted by atomic mass is 16.5. The van der Waals surface area contributed by atoms with E-state index in [4.69, 9.17) is 14.2 Å². The van der Waals surface area contributed by atoms with Crippen LogP contribution in [-0.4, -0.2) is 62.2 Å². The third-order valence-electron chi connectivity index (χ3n) is 6.24. The number of likely N-dealkylation sites (tertiary alicyclic amines) is 1. The highest BCUT2D eigenvalue weighted by molar-refractivity contribution is 5.79. The maximum Gasteiger partial charge on any atom is 0.237 e. The van der Waals surface area contributed by atoms with E-state index in [1.54, 1.807) is 14.2 Å². The van der Waals surface area contributed by atoms with E-state index in [9.17, 15) is 4.79 Å². The summed E-state index contributed by atoms with van der Waals surface area (Å²) in [6, 6.07) is 16.2. The van der Waals surface area contributed by atoms with Gasteiger partial charge in [-0.05, 0) is 37.5 Å². The van der Waals surface area contributed by atoms with Gasteiger partial charge in [-0.1, -0.05) is 30.3 Å².